The van der Waals surface area contributed by atoms with E-state index in [9.17, 15) is 9.00 Å². The fourth-order valence-corrected chi connectivity index (χ4v) is 2.74. The van der Waals surface area contributed by atoms with Crippen LogP contribution >= 0.6 is 0 Å². The summed E-state index contributed by atoms with van der Waals surface area (Å²) in [5.74, 6) is 0.0773. The number of carbonyl (C=O) groups is 1. The number of hydrogen-bond acceptors (Lipinski definition) is 3. The first-order valence-corrected chi connectivity index (χ1v) is 7.46. The molecule has 0 radical (unpaired) electrons. The van der Waals surface area contributed by atoms with Crippen molar-refractivity contribution in [2.45, 2.75) is 44.6 Å². The summed E-state index contributed by atoms with van der Waals surface area (Å²) in [6.07, 6.45) is 6.93. The summed E-state index contributed by atoms with van der Waals surface area (Å²) in [6.45, 7) is -0.122. The smallest absolute Gasteiger partial charge is 0.232 e. The molecule has 0 bridgehead atoms. The van der Waals surface area contributed by atoms with E-state index in [1.807, 2.05) is 0 Å². The van der Waals surface area contributed by atoms with Crippen molar-refractivity contribution in [1.82, 2.24) is 5.32 Å². The minimum absolute atomic E-state index is 0.0249. The molecule has 0 spiro atoms. The van der Waals surface area contributed by atoms with Gasteiger partial charge in [0.25, 0.3) is 0 Å². The summed E-state index contributed by atoms with van der Waals surface area (Å²) in [4.78, 5) is 11.5. The van der Waals surface area contributed by atoms with Crippen molar-refractivity contribution >= 4 is 16.7 Å². The summed E-state index contributed by atoms with van der Waals surface area (Å²) in [5, 5.41) is 11.5. The van der Waals surface area contributed by atoms with E-state index in [1.165, 1.54) is 25.7 Å². The van der Waals surface area contributed by atoms with Gasteiger partial charge in [0.2, 0.25) is 5.91 Å². The minimum atomic E-state index is -1.22. The monoisotopic (exact) mass is 247 g/mol. The second-order valence-corrected chi connectivity index (χ2v) is 5.84. The van der Waals surface area contributed by atoms with Gasteiger partial charge >= 0.3 is 0 Å². The Labute approximate surface area is 99.3 Å². The molecule has 0 unspecified atom stereocenters. The van der Waals surface area contributed by atoms with Crippen LogP contribution in [-0.4, -0.2) is 39.4 Å². The zero-order valence-electron chi connectivity index (χ0n) is 9.61. The molecule has 94 valence electrons. The molecule has 1 fully saturated rings. The molecule has 1 atom stereocenters. The van der Waals surface area contributed by atoms with Gasteiger partial charge in [-0.25, -0.2) is 0 Å². The Hall–Kier alpha value is -0.420. The number of hydrogen-bond donors (Lipinski definition) is 2. The van der Waals surface area contributed by atoms with Crippen molar-refractivity contribution < 1.29 is 14.1 Å². The van der Waals surface area contributed by atoms with Gasteiger partial charge < -0.3 is 10.4 Å². The van der Waals surface area contributed by atoms with Crippen LogP contribution < -0.4 is 5.32 Å². The normalized spacial score (nSPS) is 20.1. The van der Waals surface area contributed by atoms with E-state index in [4.69, 9.17) is 5.11 Å². The van der Waals surface area contributed by atoms with Crippen molar-refractivity contribution in [2.75, 3.05) is 18.1 Å². The molecule has 0 aromatic rings. The van der Waals surface area contributed by atoms with E-state index in [1.54, 1.807) is 0 Å². The maximum atomic E-state index is 11.5. The van der Waals surface area contributed by atoms with Crippen LogP contribution in [-0.2, 0) is 15.6 Å². The molecule has 0 heterocycles. The van der Waals surface area contributed by atoms with E-state index in [2.05, 4.69) is 5.32 Å². The summed E-state index contributed by atoms with van der Waals surface area (Å²) in [5.41, 5.74) is 0. The van der Waals surface area contributed by atoms with Crippen LogP contribution in [0.15, 0.2) is 0 Å². The van der Waals surface area contributed by atoms with Crippen LogP contribution in [0.1, 0.15) is 38.5 Å². The van der Waals surface area contributed by atoms with Crippen LogP contribution in [0, 0.1) is 0 Å². The quantitative estimate of drug-likeness (QED) is 0.698. The van der Waals surface area contributed by atoms with Crippen LogP contribution in [0.4, 0.5) is 0 Å². The zero-order valence-corrected chi connectivity index (χ0v) is 10.4. The molecule has 0 aliphatic heterocycles. The predicted molar refractivity (Wildman–Crippen MR) is 64.6 cm³/mol. The fourth-order valence-electron chi connectivity index (χ4n) is 2.01. The summed E-state index contributed by atoms with van der Waals surface area (Å²) >= 11 is 0. The zero-order chi connectivity index (χ0) is 11.8. The molecular weight excluding hydrogens is 226 g/mol. The number of amides is 1. The highest BCUT2D eigenvalue weighted by molar-refractivity contribution is 7.85. The van der Waals surface area contributed by atoms with Crippen molar-refractivity contribution in [3.63, 3.8) is 0 Å². The lowest BCUT2D eigenvalue weighted by Crippen LogP contribution is -2.37. The maximum Gasteiger partial charge on any atom is 0.232 e. The van der Waals surface area contributed by atoms with Gasteiger partial charge in [0, 0.05) is 22.6 Å². The maximum absolute atomic E-state index is 11.5. The number of carbonyl (C=O) groups excluding carboxylic acids is 1. The Morgan fingerprint density at radius 1 is 1.25 bits per heavy atom. The second kappa shape index (κ2) is 7.79. The van der Waals surface area contributed by atoms with E-state index >= 15 is 0 Å². The first-order chi connectivity index (χ1) is 7.72. The van der Waals surface area contributed by atoms with Gasteiger partial charge in [-0.15, -0.1) is 0 Å². The van der Waals surface area contributed by atoms with Crippen molar-refractivity contribution in [3.8, 4) is 0 Å². The SMILES string of the molecule is O=C(C[S@@](=O)CCO)NC1CCCCCC1. The van der Waals surface area contributed by atoms with Crippen LogP contribution in [0.25, 0.3) is 0 Å². The Kier molecular flexibility index (Phi) is 6.64. The van der Waals surface area contributed by atoms with Gasteiger partial charge in [-0.2, -0.15) is 0 Å². The van der Waals surface area contributed by atoms with Gasteiger partial charge in [0.05, 0.1) is 6.61 Å². The Morgan fingerprint density at radius 2 is 1.88 bits per heavy atom. The fraction of sp³-hybridized carbons (Fsp3) is 0.909. The minimum Gasteiger partial charge on any atom is -0.395 e. The third kappa shape index (κ3) is 5.61. The average Bonchev–Trinajstić information content (AvgIpc) is 2.46. The second-order valence-electron chi connectivity index (χ2n) is 4.27. The molecule has 2 N–H and O–H groups in total. The lowest BCUT2D eigenvalue weighted by Gasteiger charge is -2.15. The molecule has 1 aliphatic carbocycles. The Balaban J connectivity index is 2.24. The molecule has 5 heteroatoms. The van der Waals surface area contributed by atoms with Gasteiger partial charge in [0.15, 0.2) is 0 Å². The number of rotatable bonds is 5. The van der Waals surface area contributed by atoms with Crippen LogP contribution in [0.5, 0.6) is 0 Å². The van der Waals surface area contributed by atoms with E-state index in [0.29, 0.717) is 0 Å². The van der Waals surface area contributed by atoms with Crippen LogP contribution in [0.3, 0.4) is 0 Å². The molecule has 0 aromatic heterocycles. The van der Waals surface area contributed by atoms with Crippen molar-refractivity contribution in [1.29, 1.82) is 0 Å². The van der Waals surface area contributed by atoms with Crippen LogP contribution in [0.2, 0.25) is 0 Å². The molecule has 1 rings (SSSR count). The molecule has 1 amide bonds. The predicted octanol–water partition coefficient (Wildman–Crippen LogP) is 0.566. The van der Waals surface area contributed by atoms with Gasteiger partial charge in [0.1, 0.15) is 5.75 Å². The highest BCUT2D eigenvalue weighted by atomic mass is 32.2. The van der Waals surface area contributed by atoms with E-state index in [-0.39, 0.29) is 30.1 Å². The first kappa shape index (κ1) is 13.6. The summed E-state index contributed by atoms with van der Waals surface area (Å²) in [6, 6.07) is 0.265. The Morgan fingerprint density at radius 3 is 2.44 bits per heavy atom. The van der Waals surface area contributed by atoms with Gasteiger partial charge in [-0.05, 0) is 12.8 Å². The number of aliphatic hydroxyl groups excluding tert-OH is 1. The largest absolute Gasteiger partial charge is 0.395 e. The molecule has 1 aliphatic rings. The number of aliphatic hydroxyl groups is 1. The lowest BCUT2D eigenvalue weighted by molar-refractivity contribution is -0.119. The highest BCUT2D eigenvalue weighted by Crippen LogP contribution is 2.16. The number of nitrogens with one attached hydrogen (secondary N) is 1. The van der Waals surface area contributed by atoms with Crippen molar-refractivity contribution in [2.24, 2.45) is 0 Å². The molecule has 1 saturated carbocycles. The molecule has 0 aromatic carbocycles. The summed E-state index contributed by atoms with van der Waals surface area (Å²) < 4.78 is 11.3. The molecule has 16 heavy (non-hydrogen) atoms. The van der Waals surface area contributed by atoms with Gasteiger partial charge in [-0.3, -0.25) is 9.00 Å². The third-order valence-electron chi connectivity index (χ3n) is 2.83. The topological polar surface area (TPSA) is 66.4 Å². The van der Waals surface area contributed by atoms with E-state index in [0.717, 1.165) is 12.8 Å². The Bertz CT molecular complexity index is 237. The molecule has 4 nitrogen and oxygen atoms in total. The average molecular weight is 247 g/mol. The van der Waals surface area contributed by atoms with Crippen molar-refractivity contribution in [3.05, 3.63) is 0 Å². The standard InChI is InChI=1S/C11H21NO3S/c13-7-8-16(15)9-11(14)12-10-5-3-1-2-4-6-10/h10,13H,1-9H2,(H,12,14)/t16-/m0/s1. The molecule has 0 saturated heterocycles. The third-order valence-corrected chi connectivity index (χ3v) is 4.05. The summed E-state index contributed by atoms with van der Waals surface area (Å²) in [7, 11) is -1.22. The van der Waals surface area contributed by atoms with E-state index < -0.39 is 10.8 Å². The molecular formula is C11H21NO3S. The first-order valence-electron chi connectivity index (χ1n) is 5.97. The lowest BCUT2D eigenvalue weighted by atomic mass is 10.1. The highest BCUT2D eigenvalue weighted by Gasteiger charge is 2.15. The van der Waals surface area contributed by atoms with Gasteiger partial charge in [-0.1, -0.05) is 25.7 Å².